The zero-order chi connectivity index (χ0) is 18.0. The summed E-state index contributed by atoms with van der Waals surface area (Å²) in [5, 5.41) is 15.9. The molecule has 0 radical (unpaired) electrons. The zero-order valence-corrected chi connectivity index (χ0v) is 14.7. The lowest BCUT2D eigenvalue weighted by atomic mass is 10.1. The number of nitrogens with zero attached hydrogens (tertiary/aromatic N) is 2. The fourth-order valence-electron chi connectivity index (χ4n) is 2.09. The molecule has 0 spiro atoms. The van der Waals surface area contributed by atoms with Gasteiger partial charge in [-0.2, -0.15) is 0 Å². The first-order valence-electron chi connectivity index (χ1n) is 6.91. The van der Waals surface area contributed by atoms with Gasteiger partial charge in [0.05, 0.1) is 26.2 Å². The molecule has 0 atom stereocenters. The summed E-state index contributed by atoms with van der Waals surface area (Å²) < 4.78 is 0. The third-order valence-electron chi connectivity index (χ3n) is 3.29. The lowest BCUT2D eigenvalue weighted by Crippen LogP contribution is -2.12. The van der Waals surface area contributed by atoms with E-state index in [1.54, 1.807) is 35.7 Å². The molecule has 0 aliphatic heterocycles. The summed E-state index contributed by atoms with van der Waals surface area (Å²) in [6.07, 6.45) is 0. The van der Waals surface area contributed by atoms with Gasteiger partial charge < -0.3 is 0 Å². The van der Waals surface area contributed by atoms with E-state index in [0.717, 1.165) is 0 Å². The summed E-state index contributed by atoms with van der Waals surface area (Å²) in [6, 6.07) is 10.8. The van der Waals surface area contributed by atoms with Crippen molar-refractivity contribution in [1.82, 2.24) is 4.98 Å². The number of aromatic nitrogens is 1. The number of amides is 1. The molecule has 0 bridgehead atoms. The topological polar surface area (TPSA) is 85.1 Å². The summed E-state index contributed by atoms with van der Waals surface area (Å²) in [4.78, 5) is 26.9. The maximum Gasteiger partial charge on any atom is 0.269 e. The molecule has 1 heterocycles. The molecule has 1 amide bonds. The Kier molecular flexibility index (Phi) is 4.98. The highest BCUT2D eigenvalue weighted by Gasteiger charge is 2.16. The van der Waals surface area contributed by atoms with Crippen LogP contribution in [0.4, 0.5) is 10.8 Å². The quantitative estimate of drug-likeness (QED) is 0.482. The maximum absolute atomic E-state index is 12.3. The normalized spacial score (nSPS) is 10.5. The molecule has 6 nitrogen and oxygen atoms in total. The van der Waals surface area contributed by atoms with Crippen LogP contribution in [0.3, 0.4) is 0 Å². The van der Waals surface area contributed by atoms with Gasteiger partial charge in [0.1, 0.15) is 0 Å². The van der Waals surface area contributed by atoms with E-state index < -0.39 is 10.8 Å². The number of nitro groups is 1. The van der Waals surface area contributed by atoms with Crippen molar-refractivity contribution in [3.63, 3.8) is 0 Å². The minimum atomic E-state index is -0.468. The first-order chi connectivity index (χ1) is 12.0. The van der Waals surface area contributed by atoms with Gasteiger partial charge in [-0.25, -0.2) is 4.98 Å². The number of carbonyl (C=O) groups is 1. The monoisotopic (exact) mass is 393 g/mol. The van der Waals surface area contributed by atoms with Crippen molar-refractivity contribution in [3.05, 3.63) is 73.6 Å². The van der Waals surface area contributed by atoms with Crippen LogP contribution >= 0.6 is 34.5 Å². The summed E-state index contributed by atoms with van der Waals surface area (Å²) >= 11 is 13.3. The SMILES string of the molecule is O=C(Nc1nc(-c2ccc([N+](=O)[O-])cc2)cs1)c1c(Cl)cccc1Cl. The van der Waals surface area contributed by atoms with Crippen LogP contribution in [-0.2, 0) is 0 Å². The first-order valence-corrected chi connectivity index (χ1v) is 8.55. The molecule has 2 aromatic carbocycles. The van der Waals surface area contributed by atoms with E-state index in [2.05, 4.69) is 10.3 Å². The minimum Gasteiger partial charge on any atom is -0.298 e. The molecular weight excluding hydrogens is 385 g/mol. The van der Waals surface area contributed by atoms with Gasteiger partial charge in [0.15, 0.2) is 5.13 Å². The van der Waals surface area contributed by atoms with Crippen molar-refractivity contribution in [2.75, 3.05) is 5.32 Å². The molecule has 9 heteroatoms. The van der Waals surface area contributed by atoms with Crippen molar-refractivity contribution in [2.45, 2.75) is 0 Å². The van der Waals surface area contributed by atoms with E-state index in [1.807, 2.05) is 0 Å². The smallest absolute Gasteiger partial charge is 0.269 e. The number of halogens is 2. The van der Waals surface area contributed by atoms with Gasteiger partial charge in [-0.3, -0.25) is 20.2 Å². The molecule has 3 aromatic rings. The van der Waals surface area contributed by atoms with Gasteiger partial charge >= 0.3 is 0 Å². The standard InChI is InChI=1S/C16H9Cl2N3O3S/c17-11-2-1-3-12(18)14(11)15(22)20-16-19-13(8-25-16)9-4-6-10(7-5-9)21(23)24/h1-8H,(H,19,20,22). The second-order valence-electron chi connectivity index (χ2n) is 4.89. The number of nitrogens with one attached hydrogen (secondary N) is 1. The first kappa shape index (κ1) is 17.3. The fourth-order valence-corrected chi connectivity index (χ4v) is 3.38. The number of nitro benzene ring substituents is 1. The predicted molar refractivity (Wildman–Crippen MR) is 98.6 cm³/mol. The summed E-state index contributed by atoms with van der Waals surface area (Å²) in [7, 11) is 0. The Morgan fingerprint density at radius 2 is 1.76 bits per heavy atom. The Morgan fingerprint density at radius 3 is 2.36 bits per heavy atom. The third-order valence-corrected chi connectivity index (χ3v) is 4.68. The highest BCUT2D eigenvalue weighted by atomic mass is 35.5. The molecule has 0 aliphatic carbocycles. The molecule has 0 fully saturated rings. The van der Waals surface area contributed by atoms with Gasteiger partial charge in [0.2, 0.25) is 0 Å². The molecule has 25 heavy (non-hydrogen) atoms. The summed E-state index contributed by atoms with van der Waals surface area (Å²) in [5.41, 5.74) is 1.48. The van der Waals surface area contributed by atoms with Crippen LogP contribution in [0.1, 0.15) is 10.4 Å². The lowest BCUT2D eigenvalue weighted by molar-refractivity contribution is -0.384. The van der Waals surface area contributed by atoms with Crippen LogP contribution in [0.15, 0.2) is 47.8 Å². The molecule has 0 saturated carbocycles. The van der Waals surface area contributed by atoms with E-state index in [0.29, 0.717) is 16.4 Å². The maximum atomic E-state index is 12.3. The Labute approximate surface area is 156 Å². The van der Waals surface area contributed by atoms with Crippen molar-refractivity contribution in [1.29, 1.82) is 0 Å². The van der Waals surface area contributed by atoms with E-state index >= 15 is 0 Å². The van der Waals surface area contributed by atoms with E-state index in [1.165, 1.54) is 23.5 Å². The van der Waals surface area contributed by atoms with Crippen molar-refractivity contribution >= 4 is 51.3 Å². The number of hydrogen-bond acceptors (Lipinski definition) is 5. The Hall–Kier alpha value is -2.48. The van der Waals surface area contributed by atoms with Gasteiger partial charge in [-0.1, -0.05) is 29.3 Å². The number of benzene rings is 2. The van der Waals surface area contributed by atoms with Gasteiger partial charge in [-0.15, -0.1) is 11.3 Å². The zero-order valence-electron chi connectivity index (χ0n) is 12.4. The Bertz CT molecular complexity index is 937. The van der Waals surface area contributed by atoms with Gasteiger partial charge in [-0.05, 0) is 24.3 Å². The Morgan fingerprint density at radius 1 is 1.12 bits per heavy atom. The number of thiazole rings is 1. The average Bonchev–Trinajstić information content (AvgIpc) is 3.03. The highest BCUT2D eigenvalue weighted by Crippen LogP contribution is 2.29. The molecule has 1 aromatic heterocycles. The number of carbonyl (C=O) groups excluding carboxylic acids is 1. The number of anilines is 1. The lowest BCUT2D eigenvalue weighted by Gasteiger charge is -2.05. The number of hydrogen-bond donors (Lipinski definition) is 1. The van der Waals surface area contributed by atoms with Gasteiger partial charge in [0, 0.05) is 23.1 Å². The Balaban J connectivity index is 1.80. The minimum absolute atomic E-state index is 0.000803. The second kappa shape index (κ2) is 7.18. The van der Waals surface area contributed by atoms with Gasteiger partial charge in [0.25, 0.3) is 11.6 Å². The van der Waals surface area contributed by atoms with Crippen molar-refractivity contribution in [3.8, 4) is 11.3 Å². The largest absolute Gasteiger partial charge is 0.298 e. The summed E-state index contributed by atoms with van der Waals surface area (Å²) in [6.45, 7) is 0. The molecule has 0 aliphatic rings. The second-order valence-corrected chi connectivity index (χ2v) is 6.57. The number of non-ortho nitro benzene ring substituents is 1. The van der Waals surface area contributed by atoms with E-state index in [4.69, 9.17) is 23.2 Å². The van der Waals surface area contributed by atoms with Crippen molar-refractivity contribution in [2.24, 2.45) is 0 Å². The molecular formula is C16H9Cl2N3O3S. The third kappa shape index (κ3) is 3.79. The molecule has 126 valence electrons. The average molecular weight is 394 g/mol. The molecule has 1 N–H and O–H groups in total. The van der Waals surface area contributed by atoms with Crippen LogP contribution in [0.2, 0.25) is 10.0 Å². The molecule has 0 unspecified atom stereocenters. The van der Waals surface area contributed by atoms with Crippen LogP contribution in [0.25, 0.3) is 11.3 Å². The van der Waals surface area contributed by atoms with Crippen LogP contribution in [0.5, 0.6) is 0 Å². The molecule has 0 saturated heterocycles. The number of rotatable bonds is 4. The van der Waals surface area contributed by atoms with Crippen LogP contribution in [0, 0.1) is 10.1 Å². The van der Waals surface area contributed by atoms with E-state index in [9.17, 15) is 14.9 Å². The van der Waals surface area contributed by atoms with E-state index in [-0.39, 0.29) is 21.3 Å². The van der Waals surface area contributed by atoms with Crippen LogP contribution in [-0.4, -0.2) is 15.8 Å². The molecule has 3 rings (SSSR count). The van der Waals surface area contributed by atoms with Crippen LogP contribution < -0.4 is 5.32 Å². The highest BCUT2D eigenvalue weighted by molar-refractivity contribution is 7.14. The summed E-state index contributed by atoms with van der Waals surface area (Å²) in [5.74, 6) is -0.458. The van der Waals surface area contributed by atoms with Crippen molar-refractivity contribution < 1.29 is 9.72 Å². The predicted octanol–water partition coefficient (Wildman–Crippen LogP) is 5.28. The fraction of sp³-hybridized carbons (Fsp3) is 0.